The van der Waals surface area contributed by atoms with Gasteiger partial charge >= 0.3 is 0 Å². The number of nitrogens with zero attached hydrogens (tertiary/aromatic N) is 1. The van der Waals surface area contributed by atoms with Crippen LogP contribution in [0.25, 0.3) is 0 Å². The fourth-order valence-electron chi connectivity index (χ4n) is 3.78. The minimum absolute atomic E-state index is 0.108. The van der Waals surface area contributed by atoms with E-state index in [2.05, 4.69) is 17.1 Å². The number of nitrogens with one attached hydrogen (secondary N) is 1. The van der Waals surface area contributed by atoms with Crippen LogP contribution in [0.3, 0.4) is 0 Å². The molecule has 0 aromatic heterocycles. The van der Waals surface area contributed by atoms with Gasteiger partial charge < -0.3 is 10.4 Å². The lowest BCUT2D eigenvalue weighted by Gasteiger charge is -2.34. The van der Waals surface area contributed by atoms with Crippen molar-refractivity contribution >= 4 is 5.91 Å². The fraction of sp³-hybridized carbons (Fsp3) is 0.938. The molecule has 4 nitrogen and oxygen atoms in total. The van der Waals surface area contributed by atoms with Crippen molar-refractivity contribution in [1.82, 2.24) is 10.2 Å². The van der Waals surface area contributed by atoms with Crippen molar-refractivity contribution in [3.05, 3.63) is 0 Å². The molecule has 3 atom stereocenters. The smallest absolute Gasteiger partial charge is 0.234 e. The lowest BCUT2D eigenvalue weighted by atomic mass is 9.86. The van der Waals surface area contributed by atoms with Gasteiger partial charge in [-0.15, -0.1) is 0 Å². The van der Waals surface area contributed by atoms with Crippen molar-refractivity contribution < 1.29 is 9.90 Å². The van der Waals surface area contributed by atoms with E-state index in [4.69, 9.17) is 0 Å². The van der Waals surface area contributed by atoms with Gasteiger partial charge in [-0.2, -0.15) is 0 Å². The lowest BCUT2D eigenvalue weighted by Crippen LogP contribution is -2.51. The summed E-state index contributed by atoms with van der Waals surface area (Å²) in [5.41, 5.74) is -0.727. The summed E-state index contributed by atoms with van der Waals surface area (Å²) in [6, 6.07) is 0.455. The summed E-state index contributed by atoms with van der Waals surface area (Å²) < 4.78 is 0. The largest absolute Gasteiger partial charge is 0.389 e. The van der Waals surface area contributed by atoms with Gasteiger partial charge in [-0.25, -0.2) is 0 Å². The third-order valence-corrected chi connectivity index (χ3v) is 4.98. The van der Waals surface area contributed by atoms with Crippen molar-refractivity contribution in [1.29, 1.82) is 0 Å². The zero-order valence-corrected chi connectivity index (χ0v) is 13.2. The molecule has 1 saturated heterocycles. The summed E-state index contributed by atoms with van der Waals surface area (Å²) in [7, 11) is 0. The van der Waals surface area contributed by atoms with Crippen molar-refractivity contribution in [2.45, 2.75) is 77.0 Å². The number of hydrogen-bond donors (Lipinski definition) is 2. The van der Waals surface area contributed by atoms with Crippen LogP contribution < -0.4 is 5.32 Å². The Labute approximate surface area is 122 Å². The van der Waals surface area contributed by atoms with E-state index < -0.39 is 5.60 Å². The number of aliphatic hydroxyl groups is 1. The average molecular weight is 282 g/mol. The van der Waals surface area contributed by atoms with Crippen molar-refractivity contribution in [3.8, 4) is 0 Å². The minimum atomic E-state index is -0.727. The van der Waals surface area contributed by atoms with E-state index in [1.807, 2.05) is 13.8 Å². The molecule has 4 heteroatoms. The first-order valence-electron chi connectivity index (χ1n) is 8.13. The van der Waals surface area contributed by atoms with E-state index in [0.717, 1.165) is 25.8 Å². The Hall–Kier alpha value is -0.610. The summed E-state index contributed by atoms with van der Waals surface area (Å²) in [5.74, 6) is 0.719. The van der Waals surface area contributed by atoms with Gasteiger partial charge in [-0.3, -0.25) is 9.69 Å². The molecule has 1 heterocycles. The predicted molar refractivity (Wildman–Crippen MR) is 80.5 cm³/mol. The first-order valence-corrected chi connectivity index (χ1v) is 8.13. The Morgan fingerprint density at radius 2 is 1.95 bits per heavy atom. The summed E-state index contributed by atoms with van der Waals surface area (Å²) in [6.45, 7) is 7.27. The molecule has 0 radical (unpaired) electrons. The maximum absolute atomic E-state index is 12.3. The Bertz CT molecular complexity index is 338. The molecule has 20 heavy (non-hydrogen) atoms. The molecule has 1 aliphatic heterocycles. The van der Waals surface area contributed by atoms with Crippen LogP contribution in [0.1, 0.15) is 59.3 Å². The summed E-state index contributed by atoms with van der Waals surface area (Å²) in [6.07, 6.45) is 6.91. The van der Waals surface area contributed by atoms with Gasteiger partial charge in [0.2, 0.25) is 5.91 Å². The second-order valence-corrected chi connectivity index (χ2v) is 7.22. The van der Waals surface area contributed by atoms with Gasteiger partial charge in [0.15, 0.2) is 0 Å². The first-order chi connectivity index (χ1) is 9.38. The van der Waals surface area contributed by atoms with E-state index in [0.29, 0.717) is 18.5 Å². The molecular weight excluding hydrogens is 252 g/mol. The SMILES string of the molecule is CC1CCCCC1NC(=O)CN1CCCC1C(C)(C)O. The third-order valence-electron chi connectivity index (χ3n) is 4.98. The second kappa shape index (κ2) is 6.44. The molecule has 2 fully saturated rings. The maximum Gasteiger partial charge on any atom is 0.234 e. The van der Waals surface area contributed by atoms with Gasteiger partial charge in [-0.1, -0.05) is 19.8 Å². The lowest BCUT2D eigenvalue weighted by molar-refractivity contribution is -0.124. The van der Waals surface area contributed by atoms with Gasteiger partial charge in [-0.05, 0) is 52.0 Å². The first kappa shape index (κ1) is 15.8. The van der Waals surface area contributed by atoms with Crippen LogP contribution in [0, 0.1) is 5.92 Å². The molecule has 1 aliphatic carbocycles. The Morgan fingerprint density at radius 3 is 2.60 bits per heavy atom. The molecule has 2 rings (SSSR count). The quantitative estimate of drug-likeness (QED) is 0.828. The second-order valence-electron chi connectivity index (χ2n) is 7.22. The molecule has 1 amide bonds. The molecule has 0 spiro atoms. The number of carbonyl (C=O) groups is 1. The van der Waals surface area contributed by atoms with E-state index in [1.165, 1.54) is 19.3 Å². The molecule has 1 saturated carbocycles. The Morgan fingerprint density at radius 1 is 1.25 bits per heavy atom. The molecule has 3 unspecified atom stereocenters. The van der Waals surface area contributed by atoms with Crippen LogP contribution in [-0.4, -0.2) is 46.7 Å². The summed E-state index contributed by atoms with van der Waals surface area (Å²) >= 11 is 0. The van der Waals surface area contributed by atoms with Crippen LogP contribution in [0.15, 0.2) is 0 Å². The highest BCUT2D eigenvalue weighted by Gasteiger charge is 2.36. The Balaban J connectivity index is 1.84. The number of carbonyl (C=O) groups excluding carboxylic acids is 1. The molecule has 2 N–H and O–H groups in total. The van der Waals surface area contributed by atoms with Gasteiger partial charge in [0.1, 0.15) is 0 Å². The monoisotopic (exact) mass is 282 g/mol. The minimum Gasteiger partial charge on any atom is -0.389 e. The van der Waals surface area contributed by atoms with Crippen LogP contribution in [-0.2, 0) is 4.79 Å². The van der Waals surface area contributed by atoms with Crippen LogP contribution in [0.2, 0.25) is 0 Å². The highest BCUT2D eigenvalue weighted by atomic mass is 16.3. The van der Waals surface area contributed by atoms with Crippen LogP contribution in [0.5, 0.6) is 0 Å². The summed E-state index contributed by atoms with van der Waals surface area (Å²) in [5, 5.41) is 13.4. The molecule has 0 aromatic rings. The molecular formula is C16H30N2O2. The number of rotatable bonds is 4. The standard InChI is InChI=1S/C16H30N2O2/c1-12-7-4-5-8-13(12)17-15(19)11-18-10-6-9-14(18)16(2,3)20/h12-14,20H,4-11H2,1-3H3,(H,17,19). The van der Waals surface area contributed by atoms with E-state index >= 15 is 0 Å². The van der Waals surface area contributed by atoms with Crippen molar-refractivity contribution in [3.63, 3.8) is 0 Å². The number of amides is 1. The van der Waals surface area contributed by atoms with Crippen LogP contribution in [0.4, 0.5) is 0 Å². The zero-order chi connectivity index (χ0) is 14.8. The molecule has 2 aliphatic rings. The van der Waals surface area contributed by atoms with E-state index in [9.17, 15) is 9.90 Å². The van der Waals surface area contributed by atoms with Crippen molar-refractivity contribution in [2.75, 3.05) is 13.1 Å². The average Bonchev–Trinajstić information content (AvgIpc) is 2.80. The highest BCUT2D eigenvalue weighted by Crippen LogP contribution is 2.27. The predicted octanol–water partition coefficient (Wildman–Crippen LogP) is 1.92. The number of hydrogen-bond acceptors (Lipinski definition) is 3. The van der Waals surface area contributed by atoms with E-state index in [-0.39, 0.29) is 11.9 Å². The Kier molecular flexibility index (Phi) is 5.08. The van der Waals surface area contributed by atoms with Crippen LogP contribution >= 0.6 is 0 Å². The van der Waals surface area contributed by atoms with E-state index in [1.54, 1.807) is 0 Å². The topological polar surface area (TPSA) is 52.6 Å². The fourth-order valence-corrected chi connectivity index (χ4v) is 3.78. The molecule has 0 bridgehead atoms. The summed E-state index contributed by atoms with van der Waals surface area (Å²) in [4.78, 5) is 14.4. The highest BCUT2D eigenvalue weighted by molar-refractivity contribution is 5.78. The van der Waals surface area contributed by atoms with Gasteiger partial charge in [0, 0.05) is 12.1 Å². The molecule has 116 valence electrons. The van der Waals surface area contributed by atoms with Gasteiger partial charge in [0.05, 0.1) is 12.1 Å². The normalized spacial score (nSPS) is 32.3. The van der Waals surface area contributed by atoms with Crippen molar-refractivity contribution in [2.24, 2.45) is 5.92 Å². The third kappa shape index (κ3) is 3.95. The zero-order valence-electron chi connectivity index (χ0n) is 13.2. The maximum atomic E-state index is 12.3. The number of likely N-dealkylation sites (tertiary alicyclic amines) is 1. The molecule has 0 aromatic carbocycles. The van der Waals surface area contributed by atoms with Gasteiger partial charge in [0.25, 0.3) is 0 Å².